The highest BCUT2D eigenvalue weighted by Gasteiger charge is 1.91. The number of thiol groups is 2. The normalized spacial score (nSPS) is 8.17. The van der Waals surface area contributed by atoms with Gasteiger partial charge in [-0.05, 0) is 12.2 Å². The Kier molecular flexibility index (Phi) is 12.6. The maximum atomic E-state index is 9.72. The van der Waals surface area contributed by atoms with Gasteiger partial charge in [-0.3, -0.25) is 9.59 Å². The van der Waals surface area contributed by atoms with Crippen LogP contribution < -0.4 is 0 Å². The zero-order valence-electron chi connectivity index (χ0n) is 6.43. The van der Waals surface area contributed by atoms with Gasteiger partial charge >= 0.3 is 11.9 Å². The van der Waals surface area contributed by atoms with Gasteiger partial charge in [0.15, 0.2) is 0 Å². The summed E-state index contributed by atoms with van der Waals surface area (Å²) in [6.45, 7) is 0. The van der Waals surface area contributed by atoms with E-state index < -0.39 is 11.9 Å². The molecule has 0 atom stereocenters. The van der Waals surface area contributed by atoms with Crippen molar-refractivity contribution in [2.75, 3.05) is 11.5 Å². The molecule has 0 aromatic rings. The Bertz CT molecular complexity index is 138. The summed E-state index contributed by atoms with van der Waals surface area (Å²) in [4.78, 5) is 19.0. The molecular formula is C6H12O4S2. The van der Waals surface area contributed by atoms with E-state index in [0.717, 1.165) is 0 Å². The lowest BCUT2D eigenvalue weighted by molar-refractivity contribution is -0.137. The van der Waals surface area contributed by atoms with E-state index in [1.165, 1.54) is 0 Å². The molecule has 0 saturated heterocycles. The van der Waals surface area contributed by atoms with Gasteiger partial charge in [-0.25, -0.2) is 0 Å². The van der Waals surface area contributed by atoms with E-state index >= 15 is 0 Å². The molecule has 0 radical (unpaired) electrons. The molecule has 0 aliphatic carbocycles. The molecule has 0 fully saturated rings. The first kappa shape index (κ1) is 14.2. The summed E-state index contributed by atoms with van der Waals surface area (Å²) >= 11 is 7.25. The highest BCUT2D eigenvalue weighted by atomic mass is 32.1. The minimum atomic E-state index is -0.881. The summed E-state index contributed by atoms with van der Waals surface area (Å²) in [5.74, 6) is -1.05. The Balaban J connectivity index is 0. The number of hydrogen-bond acceptors (Lipinski definition) is 4. The van der Waals surface area contributed by atoms with Crippen LogP contribution in [0.2, 0.25) is 0 Å². The molecule has 0 saturated carbocycles. The molecule has 72 valence electrons. The van der Waals surface area contributed by atoms with Crippen molar-refractivity contribution in [2.45, 2.75) is 12.8 Å². The summed E-state index contributed by atoms with van der Waals surface area (Å²) in [7, 11) is 0. The van der Waals surface area contributed by atoms with Crippen molar-refractivity contribution in [3.63, 3.8) is 0 Å². The fraction of sp³-hybridized carbons (Fsp3) is 0.667. The molecule has 0 aliphatic heterocycles. The predicted octanol–water partition coefficient (Wildman–Crippen LogP) is 0.782. The predicted molar refractivity (Wildman–Crippen MR) is 52.2 cm³/mol. The molecule has 0 aromatic carbocycles. The van der Waals surface area contributed by atoms with Crippen LogP contribution in [-0.4, -0.2) is 33.7 Å². The summed E-state index contributed by atoms with van der Waals surface area (Å²) in [6, 6.07) is 0. The fourth-order valence-corrected chi connectivity index (χ4v) is 0.388. The lowest BCUT2D eigenvalue weighted by atomic mass is 10.3. The lowest BCUT2D eigenvalue weighted by Crippen LogP contribution is -1.93. The molecule has 0 heterocycles. The Morgan fingerprint density at radius 2 is 1.50 bits per heavy atom. The second kappa shape index (κ2) is 10.6. The van der Waals surface area contributed by atoms with E-state index in [2.05, 4.69) is 25.3 Å². The number of hydrogen-bond donors (Lipinski definition) is 4. The molecule has 2 N–H and O–H groups in total. The van der Waals surface area contributed by atoms with Crippen LogP contribution >= 0.6 is 25.3 Å². The lowest BCUT2D eigenvalue weighted by Gasteiger charge is -1.85. The highest BCUT2D eigenvalue weighted by molar-refractivity contribution is 7.81. The van der Waals surface area contributed by atoms with Gasteiger partial charge in [-0.15, -0.1) is 0 Å². The number of rotatable bonds is 4. The second-order valence-corrected chi connectivity index (χ2v) is 2.54. The SMILES string of the molecule is O=C(O)CCCS.O=C(O)CS. The average molecular weight is 212 g/mol. The zero-order valence-corrected chi connectivity index (χ0v) is 8.22. The van der Waals surface area contributed by atoms with Crippen molar-refractivity contribution < 1.29 is 19.8 Å². The van der Waals surface area contributed by atoms with E-state index in [4.69, 9.17) is 10.2 Å². The molecule has 0 unspecified atom stereocenters. The minimum Gasteiger partial charge on any atom is -0.481 e. The molecule has 4 nitrogen and oxygen atoms in total. The number of carbonyl (C=O) groups is 2. The minimum absolute atomic E-state index is 0.0833. The summed E-state index contributed by atoms with van der Waals surface area (Å²) < 4.78 is 0. The van der Waals surface area contributed by atoms with E-state index in [1.54, 1.807) is 0 Å². The Hall–Kier alpha value is -0.360. The van der Waals surface area contributed by atoms with Crippen LogP contribution in [0.5, 0.6) is 0 Å². The van der Waals surface area contributed by atoms with Crippen LogP contribution in [0.1, 0.15) is 12.8 Å². The van der Waals surface area contributed by atoms with Gasteiger partial charge in [-0.2, -0.15) is 25.3 Å². The van der Waals surface area contributed by atoms with Gasteiger partial charge in [0, 0.05) is 6.42 Å². The molecule has 6 heteroatoms. The number of carboxylic acids is 2. The standard InChI is InChI=1S/C4H8O2S.C2H4O2S/c5-4(6)2-1-3-7;3-2(4)1-5/h7H,1-3H2,(H,5,6);5H,1H2,(H,3,4). The van der Waals surface area contributed by atoms with Crippen molar-refractivity contribution >= 4 is 37.2 Å². The average Bonchev–Trinajstić information content (AvgIpc) is 2.02. The highest BCUT2D eigenvalue weighted by Crippen LogP contribution is 1.88. The summed E-state index contributed by atoms with van der Waals surface area (Å²) in [5, 5.41) is 15.7. The van der Waals surface area contributed by atoms with Crippen LogP contribution in [0.3, 0.4) is 0 Å². The maximum Gasteiger partial charge on any atom is 0.313 e. The van der Waals surface area contributed by atoms with Gasteiger partial charge in [0.1, 0.15) is 0 Å². The third-order valence-electron chi connectivity index (χ3n) is 0.684. The van der Waals surface area contributed by atoms with Crippen LogP contribution in [-0.2, 0) is 9.59 Å². The monoisotopic (exact) mass is 212 g/mol. The van der Waals surface area contributed by atoms with Gasteiger partial charge < -0.3 is 10.2 Å². The smallest absolute Gasteiger partial charge is 0.313 e. The van der Waals surface area contributed by atoms with Crippen molar-refractivity contribution in [2.24, 2.45) is 0 Å². The largest absolute Gasteiger partial charge is 0.481 e. The Morgan fingerprint density at radius 1 is 1.08 bits per heavy atom. The van der Waals surface area contributed by atoms with E-state index in [9.17, 15) is 9.59 Å². The van der Waals surface area contributed by atoms with Gasteiger partial charge in [-0.1, -0.05) is 0 Å². The Labute approximate surface area is 81.8 Å². The number of aliphatic carboxylic acids is 2. The third-order valence-corrected chi connectivity index (χ3v) is 1.27. The van der Waals surface area contributed by atoms with Crippen molar-refractivity contribution in [3.05, 3.63) is 0 Å². The second-order valence-electron chi connectivity index (χ2n) is 1.77. The van der Waals surface area contributed by atoms with Crippen LogP contribution in [0, 0.1) is 0 Å². The van der Waals surface area contributed by atoms with Crippen molar-refractivity contribution in [1.82, 2.24) is 0 Å². The molecule has 0 bridgehead atoms. The fourth-order valence-electron chi connectivity index (χ4n) is 0.230. The number of carboxylic acid groups (broad SMARTS) is 2. The molecule has 0 rings (SSSR count). The van der Waals surface area contributed by atoms with E-state index in [1.807, 2.05) is 0 Å². The van der Waals surface area contributed by atoms with Crippen LogP contribution in [0.15, 0.2) is 0 Å². The van der Waals surface area contributed by atoms with Crippen molar-refractivity contribution in [1.29, 1.82) is 0 Å². The molecular weight excluding hydrogens is 200 g/mol. The molecule has 0 aliphatic rings. The van der Waals surface area contributed by atoms with E-state index in [0.29, 0.717) is 12.2 Å². The van der Waals surface area contributed by atoms with Crippen LogP contribution in [0.25, 0.3) is 0 Å². The van der Waals surface area contributed by atoms with Gasteiger partial charge in [0.25, 0.3) is 0 Å². The quantitative estimate of drug-likeness (QED) is 0.520. The molecule has 0 spiro atoms. The molecule has 0 aromatic heterocycles. The van der Waals surface area contributed by atoms with Crippen molar-refractivity contribution in [3.8, 4) is 0 Å². The first-order valence-corrected chi connectivity index (χ1v) is 4.46. The summed E-state index contributed by atoms with van der Waals surface area (Å²) in [6.07, 6.45) is 0.905. The first-order chi connectivity index (χ1) is 5.54. The van der Waals surface area contributed by atoms with E-state index in [-0.39, 0.29) is 12.2 Å². The topological polar surface area (TPSA) is 74.6 Å². The van der Waals surface area contributed by atoms with Gasteiger partial charge in [0.05, 0.1) is 5.75 Å². The maximum absolute atomic E-state index is 9.72. The molecule has 12 heavy (non-hydrogen) atoms. The zero-order chi connectivity index (χ0) is 9.98. The third kappa shape index (κ3) is 22.6. The summed E-state index contributed by atoms with van der Waals surface area (Å²) in [5.41, 5.74) is 0. The Morgan fingerprint density at radius 3 is 1.58 bits per heavy atom. The first-order valence-electron chi connectivity index (χ1n) is 3.20. The molecule has 0 amide bonds. The van der Waals surface area contributed by atoms with Gasteiger partial charge in [0.2, 0.25) is 0 Å². The van der Waals surface area contributed by atoms with Crippen LogP contribution in [0.4, 0.5) is 0 Å².